The zero-order valence-corrected chi connectivity index (χ0v) is 11.8. The van der Waals surface area contributed by atoms with E-state index in [4.69, 9.17) is 0 Å². The minimum absolute atomic E-state index is 0.0316. The smallest absolute Gasteiger partial charge is 0.0985 e. The third kappa shape index (κ3) is 4.82. The van der Waals surface area contributed by atoms with Crippen LogP contribution in [0.5, 0.6) is 0 Å². The van der Waals surface area contributed by atoms with E-state index >= 15 is 0 Å². The second-order valence-electron chi connectivity index (χ2n) is 4.96. The molecule has 0 radical (unpaired) electrons. The van der Waals surface area contributed by atoms with E-state index < -0.39 is 0 Å². The molecule has 80 valence electrons. The molecule has 13 heavy (non-hydrogen) atoms. The molecule has 2 heteroatoms. The number of nitrogens with zero attached hydrogens (tertiary/aromatic N) is 1. The van der Waals surface area contributed by atoms with Crippen LogP contribution in [-0.4, -0.2) is 27.3 Å². The first kappa shape index (κ1) is 13.2. The SMILES string of the molecule is CCC([SiH2]N(CC)CC)C(C)(C)C. The van der Waals surface area contributed by atoms with Crippen LogP contribution >= 0.6 is 0 Å². The van der Waals surface area contributed by atoms with Crippen molar-refractivity contribution in [1.29, 1.82) is 0 Å². The molecule has 0 spiro atoms. The lowest BCUT2D eigenvalue weighted by Crippen LogP contribution is -2.35. The summed E-state index contributed by atoms with van der Waals surface area (Å²) in [5.41, 5.74) is 1.48. The molecule has 0 aliphatic rings. The summed E-state index contributed by atoms with van der Waals surface area (Å²) in [5.74, 6) is 0. The molecule has 0 aromatic rings. The summed E-state index contributed by atoms with van der Waals surface area (Å²) >= 11 is 0. The third-order valence-electron chi connectivity index (χ3n) is 3.09. The van der Waals surface area contributed by atoms with Crippen molar-refractivity contribution in [2.45, 2.75) is 53.5 Å². The zero-order chi connectivity index (χ0) is 10.5. The van der Waals surface area contributed by atoms with E-state index in [0.717, 1.165) is 5.54 Å². The monoisotopic (exact) mass is 201 g/mol. The summed E-state index contributed by atoms with van der Waals surface area (Å²) in [4.78, 5) is 0. The van der Waals surface area contributed by atoms with E-state index in [0.29, 0.717) is 5.41 Å². The van der Waals surface area contributed by atoms with E-state index in [-0.39, 0.29) is 9.68 Å². The molecule has 0 heterocycles. The van der Waals surface area contributed by atoms with Gasteiger partial charge < -0.3 is 4.57 Å². The molecule has 0 aliphatic heterocycles. The zero-order valence-electron chi connectivity index (χ0n) is 10.4. The molecule has 0 rings (SSSR count). The van der Waals surface area contributed by atoms with Crippen LogP contribution in [0, 0.1) is 5.41 Å². The molecule has 0 saturated carbocycles. The highest BCUT2D eigenvalue weighted by Gasteiger charge is 2.24. The number of hydrogen-bond donors (Lipinski definition) is 0. The molecule has 0 fully saturated rings. The van der Waals surface area contributed by atoms with Gasteiger partial charge in [0.05, 0.1) is 9.68 Å². The molecule has 0 aromatic heterocycles. The van der Waals surface area contributed by atoms with E-state index in [1.54, 1.807) is 0 Å². The lowest BCUT2D eigenvalue weighted by Gasteiger charge is -2.33. The maximum atomic E-state index is 2.67. The average molecular weight is 201 g/mol. The van der Waals surface area contributed by atoms with Crippen molar-refractivity contribution in [3.63, 3.8) is 0 Å². The predicted molar refractivity (Wildman–Crippen MR) is 65.0 cm³/mol. The van der Waals surface area contributed by atoms with Crippen LogP contribution in [0.1, 0.15) is 48.0 Å². The molecule has 0 aromatic carbocycles. The van der Waals surface area contributed by atoms with Gasteiger partial charge in [0.2, 0.25) is 0 Å². The Morgan fingerprint density at radius 1 is 1.08 bits per heavy atom. The van der Waals surface area contributed by atoms with Gasteiger partial charge in [-0.25, -0.2) is 0 Å². The van der Waals surface area contributed by atoms with Gasteiger partial charge in [0.25, 0.3) is 0 Å². The van der Waals surface area contributed by atoms with Crippen molar-refractivity contribution in [3.05, 3.63) is 0 Å². The molecule has 1 nitrogen and oxygen atoms in total. The summed E-state index contributed by atoms with van der Waals surface area (Å²) < 4.78 is 2.67. The fourth-order valence-electron chi connectivity index (χ4n) is 1.81. The number of hydrogen-bond acceptors (Lipinski definition) is 1. The van der Waals surface area contributed by atoms with E-state index in [1.807, 2.05) is 0 Å². The van der Waals surface area contributed by atoms with Crippen LogP contribution in [0.15, 0.2) is 0 Å². The first-order chi connectivity index (χ1) is 5.95. The lowest BCUT2D eigenvalue weighted by molar-refractivity contribution is 0.350. The summed E-state index contributed by atoms with van der Waals surface area (Å²) in [6.45, 7) is 16.6. The Balaban J connectivity index is 4.11. The van der Waals surface area contributed by atoms with Gasteiger partial charge in [-0.15, -0.1) is 0 Å². The van der Waals surface area contributed by atoms with Gasteiger partial charge in [-0.3, -0.25) is 0 Å². The van der Waals surface area contributed by atoms with Gasteiger partial charge in [-0.1, -0.05) is 48.0 Å². The molecule has 1 atom stereocenters. The van der Waals surface area contributed by atoms with Crippen LogP contribution in [0.25, 0.3) is 0 Å². The summed E-state index contributed by atoms with van der Waals surface area (Å²) in [5, 5.41) is 0. The van der Waals surface area contributed by atoms with Gasteiger partial charge in [0.15, 0.2) is 0 Å². The van der Waals surface area contributed by atoms with Crippen molar-refractivity contribution in [1.82, 2.24) is 4.57 Å². The van der Waals surface area contributed by atoms with Gasteiger partial charge in [-0.05, 0) is 24.0 Å². The standard InChI is InChI=1S/C11H27NSi/c1-7-10(11(4,5)6)13-12(8-2)9-3/h10H,7-9,13H2,1-6H3. The predicted octanol–water partition coefficient (Wildman–Crippen LogP) is 2.66. The Morgan fingerprint density at radius 2 is 1.54 bits per heavy atom. The Kier molecular flexibility index (Phi) is 5.89. The largest absolute Gasteiger partial charge is 0.329 e. The Labute approximate surface area is 86.8 Å². The van der Waals surface area contributed by atoms with E-state index in [1.165, 1.54) is 19.5 Å². The second-order valence-corrected chi connectivity index (χ2v) is 7.20. The average Bonchev–Trinajstić information content (AvgIpc) is 2.04. The third-order valence-corrected chi connectivity index (χ3v) is 6.74. The normalized spacial score (nSPS) is 15.9. The quantitative estimate of drug-likeness (QED) is 0.618. The molecule has 0 bridgehead atoms. The maximum absolute atomic E-state index is 2.67. The fraction of sp³-hybridized carbons (Fsp3) is 1.00. The molecule has 0 N–H and O–H groups in total. The lowest BCUT2D eigenvalue weighted by atomic mass is 9.90. The molecular weight excluding hydrogens is 174 g/mol. The van der Waals surface area contributed by atoms with Crippen molar-refractivity contribution in [2.75, 3.05) is 13.1 Å². The highest BCUT2D eigenvalue weighted by Crippen LogP contribution is 2.33. The van der Waals surface area contributed by atoms with Gasteiger partial charge in [0, 0.05) is 0 Å². The molecular formula is C11H27NSi. The van der Waals surface area contributed by atoms with Crippen molar-refractivity contribution >= 4 is 9.68 Å². The Hall–Kier alpha value is 0.177. The Bertz CT molecular complexity index is 125. The highest BCUT2D eigenvalue weighted by atomic mass is 28.2. The van der Waals surface area contributed by atoms with Crippen LogP contribution in [0.4, 0.5) is 0 Å². The van der Waals surface area contributed by atoms with Crippen LogP contribution in [-0.2, 0) is 0 Å². The van der Waals surface area contributed by atoms with Gasteiger partial charge >= 0.3 is 0 Å². The topological polar surface area (TPSA) is 3.24 Å². The minimum atomic E-state index is -0.0316. The summed E-state index contributed by atoms with van der Waals surface area (Å²) in [6, 6.07) is 0. The van der Waals surface area contributed by atoms with Crippen molar-refractivity contribution in [3.8, 4) is 0 Å². The van der Waals surface area contributed by atoms with Gasteiger partial charge in [-0.2, -0.15) is 0 Å². The fourth-order valence-corrected chi connectivity index (χ4v) is 3.75. The Morgan fingerprint density at radius 3 is 1.77 bits per heavy atom. The molecule has 0 aliphatic carbocycles. The van der Waals surface area contributed by atoms with Crippen LogP contribution < -0.4 is 0 Å². The first-order valence-electron chi connectivity index (χ1n) is 5.68. The van der Waals surface area contributed by atoms with Crippen LogP contribution in [0.3, 0.4) is 0 Å². The van der Waals surface area contributed by atoms with Crippen molar-refractivity contribution in [2.24, 2.45) is 5.41 Å². The number of rotatable bonds is 5. The second kappa shape index (κ2) is 5.81. The molecule has 0 amide bonds. The minimum Gasteiger partial charge on any atom is -0.329 e. The van der Waals surface area contributed by atoms with Gasteiger partial charge in [0.1, 0.15) is 0 Å². The summed E-state index contributed by atoms with van der Waals surface area (Å²) in [6.07, 6.45) is 1.35. The van der Waals surface area contributed by atoms with E-state index in [2.05, 4.69) is 46.1 Å². The summed E-state index contributed by atoms with van der Waals surface area (Å²) in [7, 11) is -0.0316. The van der Waals surface area contributed by atoms with Crippen LogP contribution in [0.2, 0.25) is 5.54 Å². The maximum Gasteiger partial charge on any atom is 0.0985 e. The highest BCUT2D eigenvalue weighted by molar-refractivity contribution is 6.34. The molecule has 1 unspecified atom stereocenters. The van der Waals surface area contributed by atoms with Crippen molar-refractivity contribution < 1.29 is 0 Å². The van der Waals surface area contributed by atoms with E-state index in [9.17, 15) is 0 Å². The first-order valence-corrected chi connectivity index (χ1v) is 7.12. The molecule has 0 saturated heterocycles.